The first-order valence-corrected chi connectivity index (χ1v) is 10.4. The lowest BCUT2D eigenvalue weighted by molar-refractivity contribution is -0.118. The van der Waals surface area contributed by atoms with E-state index < -0.39 is 23.9 Å². The summed E-state index contributed by atoms with van der Waals surface area (Å²) in [4.78, 5) is 11.5. The van der Waals surface area contributed by atoms with Crippen LogP contribution in [0.15, 0.2) is 29.7 Å². The number of carbonyl (C=O) groups excluding carboxylic acids is 1. The molecule has 0 unspecified atom stereocenters. The third-order valence-corrected chi connectivity index (χ3v) is 6.33. The molecule has 3 rings (SSSR count). The number of rotatable bonds is 5. The molecule has 3 N–H and O–H groups in total. The molecule has 2 aliphatic rings. The Morgan fingerprint density at radius 2 is 1.69 bits per heavy atom. The maximum atomic E-state index is 11.5. The lowest BCUT2D eigenvalue weighted by atomic mass is 9.76. The van der Waals surface area contributed by atoms with E-state index in [1.165, 1.54) is 6.92 Å². The van der Waals surface area contributed by atoms with Crippen LogP contribution in [0.4, 0.5) is 0 Å². The molecule has 29 heavy (non-hydrogen) atoms. The Hall–Kier alpha value is -1.67. The first-order chi connectivity index (χ1) is 13.5. The minimum atomic E-state index is -0.766. The Labute approximate surface area is 174 Å². The van der Waals surface area contributed by atoms with Crippen LogP contribution in [0.1, 0.15) is 58.6 Å². The average molecular weight is 400 g/mol. The molecule has 0 spiro atoms. The van der Waals surface area contributed by atoms with Gasteiger partial charge in [0.1, 0.15) is 0 Å². The van der Waals surface area contributed by atoms with Crippen molar-refractivity contribution in [2.75, 3.05) is 19.6 Å². The van der Waals surface area contributed by atoms with Crippen molar-refractivity contribution >= 4 is 19.1 Å². The van der Waals surface area contributed by atoms with Crippen LogP contribution in [-0.2, 0) is 19.7 Å². The van der Waals surface area contributed by atoms with Crippen LogP contribution in [0.5, 0.6) is 0 Å². The molecule has 0 radical (unpaired) electrons. The van der Waals surface area contributed by atoms with Gasteiger partial charge in [-0.25, -0.2) is 0 Å². The van der Waals surface area contributed by atoms with Crippen LogP contribution in [0.25, 0.3) is 6.08 Å². The number of hydrogen-bond donors (Lipinski definition) is 3. The number of hydrogen-bond acceptors (Lipinski definition) is 5. The molecule has 1 aromatic carbocycles. The van der Waals surface area contributed by atoms with E-state index in [0.717, 1.165) is 29.7 Å². The lowest BCUT2D eigenvalue weighted by Crippen LogP contribution is -2.41. The van der Waals surface area contributed by atoms with Crippen molar-refractivity contribution in [2.24, 2.45) is 0 Å². The van der Waals surface area contributed by atoms with Crippen molar-refractivity contribution in [3.05, 3.63) is 40.9 Å². The van der Waals surface area contributed by atoms with Crippen LogP contribution in [0, 0.1) is 0 Å². The predicted molar refractivity (Wildman–Crippen MR) is 115 cm³/mol. The molecule has 2 aliphatic heterocycles. The second kappa shape index (κ2) is 8.22. The van der Waals surface area contributed by atoms with E-state index in [1.54, 1.807) is 0 Å². The smallest absolute Gasteiger partial charge is 0.400 e. The second-order valence-electron chi connectivity index (χ2n) is 9.12. The van der Waals surface area contributed by atoms with Gasteiger partial charge in [0.25, 0.3) is 0 Å². The van der Waals surface area contributed by atoms with Gasteiger partial charge in [0, 0.05) is 13.5 Å². The van der Waals surface area contributed by atoms with E-state index in [1.807, 2.05) is 58.0 Å². The van der Waals surface area contributed by atoms with E-state index in [4.69, 9.17) is 9.31 Å². The van der Waals surface area contributed by atoms with Crippen molar-refractivity contribution in [1.29, 1.82) is 0 Å². The molecule has 2 heterocycles. The van der Waals surface area contributed by atoms with Gasteiger partial charge >= 0.3 is 7.12 Å². The Kier molecular flexibility index (Phi) is 6.25. The van der Waals surface area contributed by atoms with Crippen molar-refractivity contribution in [1.82, 2.24) is 10.6 Å². The number of nitrogens with one attached hydrogen (secondary N) is 2. The van der Waals surface area contributed by atoms with E-state index >= 15 is 0 Å². The highest BCUT2D eigenvalue weighted by molar-refractivity contribution is 6.56. The standard InChI is InChI=1S/C22H33BN2O4/c1-16(26)25-15-19(23-28-20(2,3)21(4,5)29-23)14-17-6-8-18(9-7-17)22(27)10-12-24-13-11-22/h6-9,14,24,27H,10-13,15H2,1-5H3,(H,25,26). The van der Waals surface area contributed by atoms with Crippen molar-refractivity contribution in [3.8, 4) is 0 Å². The Morgan fingerprint density at radius 1 is 1.14 bits per heavy atom. The van der Waals surface area contributed by atoms with Gasteiger partial charge < -0.3 is 25.0 Å². The minimum Gasteiger partial charge on any atom is -0.400 e. The van der Waals surface area contributed by atoms with Crippen molar-refractivity contribution < 1.29 is 19.2 Å². The van der Waals surface area contributed by atoms with Gasteiger partial charge in [-0.1, -0.05) is 30.3 Å². The maximum absolute atomic E-state index is 11.5. The summed E-state index contributed by atoms with van der Waals surface area (Å²) in [7, 11) is -0.528. The first kappa shape index (κ1) is 22.0. The number of carbonyl (C=O) groups is 1. The van der Waals surface area contributed by atoms with Gasteiger partial charge in [-0.2, -0.15) is 0 Å². The quantitative estimate of drug-likeness (QED) is 0.662. The summed E-state index contributed by atoms with van der Waals surface area (Å²) in [6.45, 7) is 11.5. The van der Waals surface area contributed by atoms with Crippen LogP contribution in [-0.4, -0.2) is 49.0 Å². The van der Waals surface area contributed by atoms with Crippen molar-refractivity contribution in [3.63, 3.8) is 0 Å². The third-order valence-electron chi connectivity index (χ3n) is 6.33. The van der Waals surface area contributed by atoms with Crippen LogP contribution in [0.2, 0.25) is 0 Å². The number of aliphatic hydroxyl groups is 1. The fourth-order valence-corrected chi connectivity index (χ4v) is 3.66. The fraction of sp³-hybridized carbons (Fsp3) is 0.591. The minimum absolute atomic E-state index is 0.101. The Balaban J connectivity index is 1.83. The molecule has 2 fully saturated rings. The molecule has 1 amide bonds. The number of benzene rings is 1. The van der Waals surface area contributed by atoms with Gasteiger partial charge in [0.2, 0.25) is 5.91 Å². The molecule has 0 bridgehead atoms. The van der Waals surface area contributed by atoms with Crippen molar-refractivity contribution in [2.45, 2.75) is 64.3 Å². The van der Waals surface area contributed by atoms with Gasteiger partial charge in [-0.3, -0.25) is 4.79 Å². The molecule has 2 saturated heterocycles. The summed E-state index contributed by atoms with van der Waals surface area (Å²) in [5, 5.41) is 17.0. The zero-order chi connectivity index (χ0) is 21.3. The molecule has 7 heteroatoms. The molecule has 1 aromatic rings. The van der Waals surface area contributed by atoms with Gasteiger partial charge in [-0.05, 0) is 70.2 Å². The lowest BCUT2D eigenvalue weighted by Gasteiger charge is -2.33. The molecule has 0 aliphatic carbocycles. The topological polar surface area (TPSA) is 79.8 Å². The number of amides is 1. The van der Waals surface area contributed by atoms with E-state index in [9.17, 15) is 9.90 Å². The fourth-order valence-electron chi connectivity index (χ4n) is 3.66. The van der Waals surface area contributed by atoms with Gasteiger partial charge in [0.05, 0.1) is 16.8 Å². The molecule has 0 aromatic heterocycles. The second-order valence-corrected chi connectivity index (χ2v) is 9.12. The SMILES string of the molecule is CC(=O)NCC(=Cc1ccc(C2(O)CCNCC2)cc1)B1OC(C)(C)C(C)(C)O1. The average Bonchev–Trinajstić information content (AvgIpc) is 2.87. The largest absolute Gasteiger partial charge is 0.492 e. The molecule has 0 atom stereocenters. The first-order valence-electron chi connectivity index (χ1n) is 10.4. The normalized spacial score (nSPS) is 23.1. The predicted octanol–water partition coefficient (Wildman–Crippen LogP) is 2.41. The molecule has 0 saturated carbocycles. The molecular formula is C22H33BN2O4. The number of piperidine rings is 1. The third kappa shape index (κ3) is 4.91. The summed E-state index contributed by atoms with van der Waals surface area (Å²) in [5.74, 6) is -0.101. The molecular weight excluding hydrogens is 367 g/mol. The van der Waals surface area contributed by atoms with Crippen LogP contribution in [0.3, 0.4) is 0 Å². The van der Waals surface area contributed by atoms with Crippen LogP contribution >= 0.6 is 0 Å². The highest BCUT2D eigenvalue weighted by Crippen LogP contribution is 2.39. The summed E-state index contributed by atoms with van der Waals surface area (Å²) in [5.41, 5.74) is 1.10. The van der Waals surface area contributed by atoms with Gasteiger partial charge in [0.15, 0.2) is 0 Å². The van der Waals surface area contributed by atoms with Crippen LogP contribution < -0.4 is 10.6 Å². The van der Waals surface area contributed by atoms with E-state index in [2.05, 4.69) is 10.6 Å². The molecule has 158 valence electrons. The highest BCUT2D eigenvalue weighted by Gasteiger charge is 2.52. The van der Waals surface area contributed by atoms with Gasteiger partial charge in [-0.15, -0.1) is 0 Å². The summed E-state index contributed by atoms with van der Waals surface area (Å²) in [6, 6.07) is 7.96. The monoisotopic (exact) mass is 400 g/mol. The zero-order valence-corrected chi connectivity index (χ0v) is 18.2. The summed E-state index contributed by atoms with van der Waals surface area (Å²) < 4.78 is 12.4. The summed E-state index contributed by atoms with van der Waals surface area (Å²) >= 11 is 0. The molecule has 6 nitrogen and oxygen atoms in total. The zero-order valence-electron chi connectivity index (χ0n) is 18.2. The maximum Gasteiger partial charge on any atom is 0.492 e. The van der Waals surface area contributed by atoms with E-state index in [0.29, 0.717) is 19.4 Å². The van der Waals surface area contributed by atoms with E-state index in [-0.39, 0.29) is 5.91 Å². The summed E-state index contributed by atoms with van der Waals surface area (Å²) in [6.07, 6.45) is 3.42. The highest BCUT2D eigenvalue weighted by atomic mass is 16.7. The Bertz CT molecular complexity index is 752. The Morgan fingerprint density at radius 3 is 2.21 bits per heavy atom.